The zero-order valence-corrected chi connectivity index (χ0v) is 17.6. The molecule has 0 radical (unpaired) electrons. The lowest BCUT2D eigenvalue weighted by Gasteiger charge is -2.30. The van der Waals surface area contributed by atoms with E-state index in [-0.39, 0.29) is 18.0 Å². The summed E-state index contributed by atoms with van der Waals surface area (Å²) in [7, 11) is -3.89. The van der Waals surface area contributed by atoms with E-state index in [9.17, 15) is 22.0 Å². The molecule has 4 rings (SSSR count). The van der Waals surface area contributed by atoms with E-state index in [4.69, 9.17) is 5.11 Å². The van der Waals surface area contributed by atoms with Crippen molar-refractivity contribution >= 4 is 26.8 Å². The Hall–Kier alpha value is -3.01. The van der Waals surface area contributed by atoms with Crippen LogP contribution >= 0.6 is 0 Å². The summed E-state index contributed by atoms with van der Waals surface area (Å²) in [6.45, 7) is 1.16. The zero-order valence-electron chi connectivity index (χ0n) is 16.8. The number of hydrogen-bond acceptors (Lipinski definition) is 4. The maximum Gasteiger partial charge on any atom is 0.407 e. The third-order valence-corrected chi connectivity index (χ3v) is 6.81. The maximum atomic E-state index is 14.7. The van der Waals surface area contributed by atoms with Crippen LogP contribution in [0, 0.1) is 11.6 Å². The van der Waals surface area contributed by atoms with Gasteiger partial charge in [0.2, 0.25) is 0 Å². The number of likely N-dealkylation sites (tertiary alicyclic amines) is 1. The fourth-order valence-electron chi connectivity index (χ4n) is 4.03. The average molecular weight is 449 g/mol. The van der Waals surface area contributed by atoms with Crippen LogP contribution in [0.2, 0.25) is 0 Å². The average Bonchev–Trinajstić information content (AvgIpc) is 3.13. The molecular formula is C21H21F2N3O4S. The number of rotatable bonds is 4. The predicted molar refractivity (Wildman–Crippen MR) is 110 cm³/mol. The Balaban J connectivity index is 1.55. The Morgan fingerprint density at radius 1 is 1.19 bits per heavy atom. The third kappa shape index (κ3) is 4.12. The van der Waals surface area contributed by atoms with Crippen molar-refractivity contribution in [2.75, 3.05) is 19.3 Å². The number of halogens is 2. The topological polar surface area (TPSA) is 92.5 Å². The predicted octanol–water partition coefficient (Wildman–Crippen LogP) is 3.62. The Kier molecular flexibility index (Phi) is 5.42. The highest BCUT2D eigenvalue weighted by molar-refractivity contribution is 7.90. The molecule has 1 aliphatic rings. The number of aromatic nitrogens is 2. The van der Waals surface area contributed by atoms with E-state index in [0.29, 0.717) is 24.2 Å². The summed E-state index contributed by atoms with van der Waals surface area (Å²) in [5, 5.41) is 9.34. The minimum atomic E-state index is -3.89. The van der Waals surface area contributed by atoms with Gasteiger partial charge in [0.05, 0.1) is 17.8 Å². The molecule has 0 bridgehead atoms. The summed E-state index contributed by atoms with van der Waals surface area (Å²) in [5.41, 5.74) is 1.63. The molecule has 3 aromatic rings. The molecule has 0 saturated carbocycles. The number of sulfone groups is 1. The van der Waals surface area contributed by atoms with Crippen molar-refractivity contribution in [2.24, 2.45) is 0 Å². The van der Waals surface area contributed by atoms with Crippen molar-refractivity contribution in [1.29, 1.82) is 0 Å². The molecule has 1 aromatic carbocycles. The first-order valence-electron chi connectivity index (χ1n) is 9.74. The molecule has 0 aliphatic carbocycles. The van der Waals surface area contributed by atoms with Crippen LogP contribution in [0.15, 0.2) is 41.6 Å². The van der Waals surface area contributed by atoms with E-state index in [1.165, 1.54) is 15.5 Å². The second kappa shape index (κ2) is 7.92. The number of fused-ring (bicyclic) bond motifs is 1. The second-order valence-electron chi connectivity index (χ2n) is 7.78. The Labute approximate surface area is 177 Å². The van der Waals surface area contributed by atoms with Crippen LogP contribution in [0.1, 0.15) is 30.0 Å². The van der Waals surface area contributed by atoms with Gasteiger partial charge < -0.3 is 14.6 Å². The molecule has 3 heterocycles. The van der Waals surface area contributed by atoms with E-state index in [0.717, 1.165) is 30.7 Å². The maximum absolute atomic E-state index is 14.7. The fraction of sp³-hybridized carbons (Fsp3) is 0.333. The summed E-state index contributed by atoms with van der Waals surface area (Å²) in [4.78, 5) is 16.2. The minimum absolute atomic E-state index is 0.0168. The van der Waals surface area contributed by atoms with Gasteiger partial charge in [-0.2, -0.15) is 0 Å². The lowest BCUT2D eigenvalue weighted by Crippen LogP contribution is -2.36. The summed E-state index contributed by atoms with van der Waals surface area (Å²) in [5.74, 6) is -2.36. The van der Waals surface area contributed by atoms with Crippen LogP contribution in [0.3, 0.4) is 0 Å². The van der Waals surface area contributed by atoms with Gasteiger partial charge in [0, 0.05) is 37.1 Å². The van der Waals surface area contributed by atoms with Crippen molar-refractivity contribution in [2.45, 2.75) is 30.2 Å². The summed E-state index contributed by atoms with van der Waals surface area (Å²) >= 11 is 0. The molecule has 1 aliphatic heterocycles. The summed E-state index contributed by atoms with van der Waals surface area (Å²) in [6.07, 6.45) is 4.69. The standard InChI is InChI=1S/C21H21F2N3O4S/c1-31(29,30)17-10-14-6-9-26(20(14)19(23)18(17)22)12-16-3-2-15(11-24-16)13-4-7-25(8-5-13)21(27)28/h2-3,6,9-11,13H,4-5,7-8,12H2,1H3,(H,27,28). The van der Waals surface area contributed by atoms with E-state index in [2.05, 4.69) is 4.98 Å². The van der Waals surface area contributed by atoms with E-state index in [1.807, 2.05) is 12.1 Å². The number of amides is 1. The monoisotopic (exact) mass is 449 g/mol. The van der Waals surface area contributed by atoms with Gasteiger partial charge >= 0.3 is 6.09 Å². The van der Waals surface area contributed by atoms with E-state index < -0.39 is 32.5 Å². The number of hydrogen-bond donors (Lipinski definition) is 1. The van der Waals surface area contributed by atoms with Crippen LogP contribution in [-0.4, -0.2) is 53.4 Å². The second-order valence-corrected chi connectivity index (χ2v) is 9.77. The van der Waals surface area contributed by atoms with Gasteiger partial charge in [-0.15, -0.1) is 0 Å². The first-order chi connectivity index (χ1) is 14.6. The van der Waals surface area contributed by atoms with Gasteiger partial charge in [0.15, 0.2) is 21.5 Å². The van der Waals surface area contributed by atoms with Gasteiger partial charge in [0.25, 0.3) is 0 Å². The molecule has 0 unspecified atom stereocenters. The first-order valence-corrected chi connectivity index (χ1v) is 11.6. The van der Waals surface area contributed by atoms with Crippen LogP contribution in [0.25, 0.3) is 10.9 Å². The molecule has 1 saturated heterocycles. The molecule has 31 heavy (non-hydrogen) atoms. The number of carboxylic acid groups (broad SMARTS) is 1. The first kappa shape index (κ1) is 21.2. The Morgan fingerprint density at radius 2 is 1.90 bits per heavy atom. The van der Waals surface area contributed by atoms with Crippen LogP contribution < -0.4 is 0 Å². The highest BCUT2D eigenvalue weighted by atomic mass is 32.2. The largest absolute Gasteiger partial charge is 0.465 e. The zero-order chi connectivity index (χ0) is 22.3. The molecule has 0 spiro atoms. The quantitative estimate of drug-likeness (QED) is 0.657. The van der Waals surface area contributed by atoms with Crippen molar-refractivity contribution < 1.29 is 27.1 Å². The molecule has 0 atom stereocenters. The molecule has 1 amide bonds. The molecule has 164 valence electrons. The molecule has 2 aromatic heterocycles. The number of pyridine rings is 1. The molecule has 1 fully saturated rings. The lowest BCUT2D eigenvalue weighted by molar-refractivity contribution is 0.132. The highest BCUT2D eigenvalue weighted by Crippen LogP contribution is 2.29. The lowest BCUT2D eigenvalue weighted by atomic mass is 9.90. The van der Waals surface area contributed by atoms with Crippen molar-refractivity contribution in [3.63, 3.8) is 0 Å². The SMILES string of the molecule is CS(=O)(=O)c1cc2ccn(Cc3ccc(C4CCN(C(=O)O)CC4)cn3)c2c(F)c1F. The molecule has 10 heteroatoms. The normalized spacial score (nSPS) is 15.5. The van der Waals surface area contributed by atoms with Crippen LogP contribution in [0.4, 0.5) is 13.6 Å². The van der Waals surface area contributed by atoms with Crippen molar-refractivity contribution in [3.05, 3.63) is 59.6 Å². The number of piperidine rings is 1. The van der Waals surface area contributed by atoms with Crippen LogP contribution in [-0.2, 0) is 16.4 Å². The molecule has 1 N–H and O–H groups in total. The number of benzene rings is 1. The van der Waals surface area contributed by atoms with Crippen LogP contribution in [0.5, 0.6) is 0 Å². The smallest absolute Gasteiger partial charge is 0.407 e. The van der Waals surface area contributed by atoms with Gasteiger partial charge in [-0.05, 0) is 42.5 Å². The summed E-state index contributed by atoms with van der Waals surface area (Å²) in [6, 6.07) is 6.41. The third-order valence-electron chi connectivity index (χ3n) is 5.71. The van der Waals surface area contributed by atoms with E-state index >= 15 is 0 Å². The highest BCUT2D eigenvalue weighted by Gasteiger charge is 2.24. The summed E-state index contributed by atoms with van der Waals surface area (Å²) < 4.78 is 53.9. The minimum Gasteiger partial charge on any atom is -0.465 e. The van der Waals surface area contributed by atoms with Gasteiger partial charge in [-0.25, -0.2) is 22.0 Å². The van der Waals surface area contributed by atoms with E-state index in [1.54, 1.807) is 12.4 Å². The molecule has 7 nitrogen and oxygen atoms in total. The van der Waals surface area contributed by atoms with Crippen molar-refractivity contribution in [3.8, 4) is 0 Å². The van der Waals surface area contributed by atoms with Gasteiger partial charge in [0.1, 0.15) is 4.90 Å². The van der Waals surface area contributed by atoms with Crippen molar-refractivity contribution in [1.82, 2.24) is 14.5 Å². The number of carbonyl (C=O) groups is 1. The van der Waals surface area contributed by atoms with Gasteiger partial charge in [-0.1, -0.05) is 6.07 Å². The fourth-order valence-corrected chi connectivity index (χ4v) is 4.78. The molecular weight excluding hydrogens is 428 g/mol. The number of nitrogens with zero attached hydrogens (tertiary/aromatic N) is 3. The van der Waals surface area contributed by atoms with Gasteiger partial charge in [-0.3, -0.25) is 4.98 Å². The Morgan fingerprint density at radius 3 is 2.48 bits per heavy atom. The Bertz CT molecular complexity index is 1250.